The summed E-state index contributed by atoms with van der Waals surface area (Å²) in [5.41, 5.74) is 1.33. The third-order valence-corrected chi connectivity index (χ3v) is 2.33. The average Bonchev–Trinajstić information content (AvgIpc) is 2.40. The third-order valence-electron chi connectivity index (χ3n) is 2.33. The first-order chi connectivity index (χ1) is 8.70. The maximum Gasteiger partial charge on any atom is 0.280 e. The van der Waals surface area contributed by atoms with E-state index in [0.29, 0.717) is 16.9 Å². The number of hydrogen-bond acceptors (Lipinski definition) is 3. The summed E-state index contributed by atoms with van der Waals surface area (Å²) in [5, 5.41) is 0. The van der Waals surface area contributed by atoms with Gasteiger partial charge in [-0.2, -0.15) is 4.99 Å². The summed E-state index contributed by atoms with van der Waals surface area (Å²) in [6.07, 6.45) is -1.17. The predicted molar refractivity (Wildman–Crippen MR) is 62.4 cm³/mol. The molecule has 0 aliphatic rings. The SMILES string of the molecule is O=C=Nc1ccc(-c2cccc(C(F)F)n2)cc1. The zero-order valence-electron chi connectivity index (χ0n) is 9.18. The standard InChI is InChI=1S/C13H8F2N2O/c14-13(15)12-3-1-2-11(17-12)9-4-6-10(7-5-9)16-8-18/h1-7,13H. The molecular weight excluding hydrogens is 238 g/mol. The van der Waals surface area contributed by atoms with E-state index in [-0.39, 0.29) is 5.69 Å². The average molecular weight is 246 g/mol. The van der Waals surface area contributed by atoms with Gasteiger partial charge in [-0.15, -0.1) is 0 Å². The normalized spacial score (nSPS) is 10.2. The van der Waals surface area contributed by atoms with Crippen molar-refractivity contribution in [1.29, 1.82) is 0 Å². The lowest BCUT2D eigenvalue weighted by Gasteiger charge is -2.04. The number of pyridine rings is 1. The van der Waals surface area contributed by atoms with E-state index in [0.717, 1.165) is 0 Å². The predicted octanol–water partition coefficient (Wildman–Crippen LogP) is 3.65. The van der Waals surface area contributed by atoms with E-state index in [2.05, 4.69) is 9.98 Å². The molecule has 18 heavy (non-hydrogen) atoms. The Morgan fingerprint density at radius 1 is 1.11 bits per heavy atom. The Labute approximate surface area is 102 Å². The number of halogens is 2. The number of rotatable bonds is 3. The van der Waals surface area contributed by atoms with Crippen LogP contribution in [0.1, 0.15) is 12.1 Å². The van der Waals surface area contributed by atoms with Crippen LogP contribution in [0.5, 0.6) is 0 Å². The van der Waals surface area contributed by atoms with Crippen molar-refractivity contribution in [1.82, 2.24) is 4.98 Å². The smallest absolute Gasteiger partial charge is 0.247 e. The highest BCUT2D eigenvalue weighted by Crippen LogP contribution is 2.23. The lowest BCUT2D eigenvalue weighted by Crippen LogP contribution is -1.91. The first kappa shape index (κ1) is 12.1. The number of alkyl halides is 2. The lowest BCUT2D eigenvalue weighted by molar-refractivity contribution is 0.146. The molecule has 5 heteroatoms. The van der Waals surface area contributed by atoms with Gasteiger partial charge in [0.25, 0.3) is 6.43 Å². The minimum Gasteiger partial charge on any atom is -0.247 e. The van der Waals surface area contributed by atoms with Crippen molar-refractivity contribution in [3.05, 3.63) is 48.2 Å². The van der Waals surface area contributed by atoms with Crippen LogP contribution in [0, 0.1) is 0 Å². The molecule has 1 heterocycles. The van der Waals surface area contributed by atoms with Crippen molar-refractivity contribution in [2.24, 2.45) is 4.99 Å². The van der Waals surface area contributed by atoms with Crippen LogP contribution >= 0.6 is 0 Å². The van der Waals surface area contributed by atoms with Gasteiger partial charge in [0.15, 0.2) is 0 Å². The Morgan fingerprint density at radius 3 is 2.44 bits per heavy atom. The van der Waals surface area contributed by atoms with Gasteiger partial charge in [-0.3, -0.25) is 0 Å². The van der Waals surface area contributed by atoms with E-state index in [1.165, 1.54) is 18.2 Å². The van der Waals surface area contributed by atoms with Crippen LogP contribution in [0.25, 0.3) is 11.3 Å². The molecule has 0 saturated carbocycles. The van der Waals surface area contributed by atoms with Crippen LogP contribution in [0.3, 0.4) is 0 Å². The van der Waals surface area contributed by atoms with Crippen molar-refractivity contribution in [3.63, 3.8) is 0 Å². The van der Waals surface area contributed by atoms with Crippen LogP contribution in [0.4, 0.5) is 14.5 Å². The first-order valence-corrected chi connectivity index (χ1v) is 5.14. The summed E-state index contributed by atoms with van der Waals surface area (Å²) in [6.45, 7) is 0. The quantitative estimate of drug-likeness (QED) is 0.612. The van der Waals surface area contributed by atoms with E-state index >= 15 is 0 Å². The Kier molecular flexibility index (Phi) is 3.55. The van der Waals surface area contributed by atoms with Gasteiger partial charge in [-0.05, 0) is 24.3 Å². The van der Waals surface area contributed by atoms with Gasteiger partial charge in [0.2, 0.25) is 6.08 Å². The van der Waals surface area contributed by atoms with Crippen molar-refractivity contribution in [3.8, 4) is 11.3 Å². The molecule has 0 radical (unpaired) electrons. The fourth-order valence-electron chi connectivity index (χ4n) is 1.49. The highest BCUT2D eigenvalue weighted by atomic mass is 19.3. The van der Waals surface area contributed by atoms with Crippen LogP contribution in [0.15, 0.2) is 47.5 Å². The van der Waals surface area contributed by atoms with E-state index < -0.39 is 6.43 Å². The summed E-state index contributed by atoms with van der Waals surface area (Å²) in [6, 6.07) is 11.0. The van der Waals surface area contributed by atoms with Crippen LogP contribution in [0.2, 0.25) is 0 Å². The van der Waals surface area contributed by atoms with E-state index in [1.807, 2.05) is 0 Å². The molecule has 0 aliphatic heterocycles. The van der Waals surface area contributed by atoms with Crippen molar-refractivity contribution in [2.75, 3.05) is 0 Å². The Hall–Kier alpha value is -2.39. The Bertz CT molecular complexity index is 590. The summed E-state index contributed by atoms with van der Waals surface area (Å²) in [4.78, 5) is 17.4. The minimum absolute atomic E-state index is 0.262. The second-order valence-corrected chi connectivity index (χ2v) is 3.50. The van der Waals surface area contributed by atoms with E-state index in [4.69, 9.17) is 0 Å². The molecule has 0 bridgehead atoms. The minimum atomic E-state index is -2.59. The maximum absolute atomic E-state index is 12.5. The van der Waals surface area contributed by atoms with Gasteiger partial charge in [-0.25, -0.2) is 18.6 Å². The number of aliphatic imine (C=N–C) groups is 1. The van der Waals surface area contributed by atoms with Crippen LogP contribution < -0.4 is 0 Å². The van der Waals surface area contributed by atoms with Crippen molar-refractivity contribution >= 4 is 11.8 Å². The maximum atomic E-state index is 12.5. The molecule has 1 aromatic carbocycles. The van der Waals surface area contributed by atoms with Gasteiger partial charge in [0.05, 0.1) is 11.4 Å². The highest BCUT2D eigenvalue weighted by molar-refractivity contribution is 5.62. The fourth-order valence-corrected chi connectivity index (χ4v) is 1.49. The molecule has 0 fully saturated rings. The fraction of sp³-hybridized carbons (Fsp3) is 0.0769. The number of nitrogens with zero attached hydrogens (tertiary/aromatic N) is 2. The summed E-state index contributed by atoms with van der Waals surface area (Å²) in [7, 11) is 0. The van der Waals surface area contributed by atoms with Crippen molar-refractivity contribution < 1.29 is 13.6 Å². The first-order valence-electron chi connectivity index (χ1n) is 5.14. The summed E-state index contributed by atoms with van der Waals surface area (Å²) < 4.78 is 25.0. The second-order valence-electron chi connectivity index (χ2n) is 3.50. The van der Waals surface area contributed by atoms with E-state index in [9.17, 15) is 13.6 Å². The molecule has 0 N–H and O–H groups in total. The van der Waals surface area contributed by atoms with E-state index in [1.54, 1.807) is 30.3 Å². The van der Waals surface area contributed by atoms with Gasteiger partial charge in [0, 0.05) is 5.56 Å². The number of aromatic nitrogens is 1. The van der Waals surface area contributed by atoms with Gasteiger partial charge in [-0.1, -0.05) is 18.2 Å². The number of isocyanates is 1. The molecule has 2 aromatic rings. The number of hydrogen-bond donors (Lipinski definition) is 0. The van der Waals surface area contributed by atoms with Crippen molar-refractivity contribution in [2.45, 2.75) is 6.43 Å². The topological polar surface area (TPSA) is 42.3 Å². The molecule has 2 rings (SSSR count). The Balaban J connectivity index is 2.36. The van der Waals surface area contributed by atoms with Gasteiger partial charge in [0.1, 0.15) is 5.69 Å². The molecule has 0 aliphatic carbocycles. The lowest BCUT2D eigenvalue weighted by atomic mass is 10.1. The third kappa shape index (κ3) is 2.64. The van der Waals surface area contributed by atoms with Crippen LogP contribution in [-0.4, -0.2) is 11.1 Å². The molecule has 90 valence electrons. The van der Waals surface area contributed by atoms with Crippen LogP contribution in [-0.2, 0) is 4.79 Å². The zero-order chi connectivity index (χ0) is 13.0. The molecular formula is C13H8F2N2O. The molecule has 0 spiro atoms. The summed E-state index contributed by atoms with van der Waals surface area (Å²) in [5.74, 6) is 0. The summed E-state index contributed by atoms with van der Waals surface area (Å²) >= 11 is 0. The molecule has 0 amide bonds. The van der Waals surface area contributed by atoms with Gasteiger partial charge >= 0.3 is 0 Å². The second kappa shape index (κ2) is 5.29. The number of carbonyl (C=O) groups excluding carboxylic acids is 1. The highest BCUT2D eigenvalue weighted by Gasteiger charge is 2.09. The monoisotopic (exact) mass is 246 g/mol. The number of benzene rings is 1. The van der Waals surface area contributed by atoms with Gasteiger partial charge < -0.3 is 0 Å². The molecule has 0 saturated heterocycles. The Morgan fingerprint density at radius 2 is 1.83 bits per heavy atom. The zero-order valence-corrected chi connectivity index (χ0v) is 9.18. The molecule has 0 unspecified atom stereocenters. The molecule has 3 nitrogen and oxygen atoms in total. The molecule has 0 atom stereocenters. The molecule has 1 aromatic heterocycles. The largest absolute Gasteiger partial charge is 0.280 e.